The molecular formula is C17H18FN3O2S. The molecule has 0 saturated heterocycles. The largest absolute Gasteiger partial charge is 0.479 e. The minimum atomic E-state index is -0.475. The average Bonchev–Trinajstić information content (AvgIpc) is 3.08. The molecule has 24 heavy (non-hydrogen) atoms. The van der Waals surface area contributed by atoms with Crippen molar-refractivity contribution in [3.63, 3.8) is 0 Å². The zero-order chi connectivity index (χ0) is 17.5. The number of anilines is 1. The number of rotatable bonds is 6. The standard InChI is InChI=1S/C17H18FN3O2S/c1-4-8-23-15-6-5-13(18)10-14(15)20-17(22)21(3)11-12(2)16-19-7-9-24-16/h1,5-7,9-10,12H,8,11H2,2-3H3,(H,20,22)/t12-/m1/s1. The third kappa shape index (κ3) is 4.70. The van der Waals surface area contributed by atoms with E-state index in [0.717, 1.165) is 5.01 Å². The highest BCUT2D eigenvalue weighted by Crippen LogP contribution is 2.26. The summed E-state index contributed by atoms with van der Waals surface area (Å²) in [6.45, 7) is 2.51. The number of nitrogens with zero attached hydrogens (tertiary/aromatic N) is 2. The van der Waals surface area contributed by atoms with Crippen LogP contribution in [0.5, 0.6) is 5.75 Å². The number of nitrogens with one attached hydrogen (secondary N) is 1. The van der Waals surface area contributed by atoms with Gasteiger partial charge in [0.05, 0.1) is 10.7 Å². The lowest BCUT2D eigenvalue weighted by Gasteiger charge is -2.21. The molecule has 0 aliphatic rings. The lowest BCUT2D eigenvalue weighted by Crippen LogP contribution is -2.34. The maximum absolute atomic E-state index is 13.4. The van der Waals surface area contributed by atoms with Gasteiger partial charge < -0.3 is 15.0 Å². The van der Waals surface area contributed by atoms with E-state index < -0.39 is 5.82 Å². The normalized spacial score (nSPS) is 11.4. The zero-order valence-corrected chi connectivity index (χ0v) is 14.3. The summed E-state index contributed by atoms with van der Waals surface area (Å²) in [5.41, 5.74) is 0.240. The van der Waals surface area contributed by atoms with Gasteiger partial charge in [0.25, 0.3) is 0 Å². The molecule has 7 heteroatoms. The zero-order valence-electron chi connectivity index (χ0n) is 13.5. The van der Waals surface area contributed by atoms with Crippen molar-refractivity contribution >= 4 is 23.1 Å². The number of halogens is 1. The first kappa shape index (κ1) is 17.8. The van der Waals surface area contributed by atoms with Gasteiger partial charge in [0.1, 0.15) is 18.2 Å². The maximum atomic E-state index is 13.4. The number of amides is 2. The van der Waals surface area contributed by atoms with Gasteiger partial charge in [0.15, 0.2) is 0 Å². The summed E-state index contributed by atoms with van der Waals surface area (Å²) in [6.07, 6.45) is 6.89. The molecule has 2 rings (SSSR count). The van der Waals surface area contributed by atoms with Crippen molar-refractivity contribution in [2.45, 2.75) is 12.8 Å². The predicted molar refractivity (Wildman–Crippen MR) is 92.9 cm³/mol. The van der Waals surface area contributed by atoms with Gasteiger partial charge >= 0.3 is 6.03 Å². The van der Waals surface area contributed by atoms with Crippen molar-refractivity contribution in [2.75, 3.05) is 25.5 Å². The molecule has 126 valence electrons. The van der Waals surface area contributed by atoms with Crippen molar-refractivity contribution in [1.82, 2.24) is 9.88 Å². The molecule has 0 aliphatic heterocycles. The van der Waals surface area contributed by atoms with E-state index >= 15 is 0 Å². The lowest BCUT2D eigenvalue weighted by atomic mass is 10.2. The van der Waals surface area contributed by atoms with Gasteiger partial charge in [-0.1, -0.05) is 12.8 Å². The SMILES string of the molecule is C#CCOc1ccc(F)cc1NC(=O)N(C)C[C@@H](C)c1nccs1. The Labute approximate surface area is 144 Å². The fraction of sp³-hybridized carbons (Fsp3) is 0.294. The number of hydrogen-bond donors (Lipinski definition) is 1. The Morgan fingerprint density at radius 3 is 3.04 bits per heavy atom. The number of urea groups is 1. The molecule has 5 nitrogen and oxygen atoms in total. The van der Waals surface area contributed by atoms with Crippen LogP contribution in [0.3, 0.4) is 0 Å². The molecule has 0 bridgehead atoms. The van der Waals surface area contributed by atoms with Crippen molar-refractivity contribution < 1.29 is 13.9 Å². The Hall–Kier alpha value is -2.59. The first-order valence-electron chi connectivity index (χ1n) is 7.28. The molecule has 0 spiro atoms. The van der Waals surface area contributed by atoms with Crippen LogP contribution in [0.1, 0.15) is 17.8 Å². The summed E-state index contributed by atoms with van der Waals surface area (Å²) < 4.78 is 18.8. The molecule has 1 atom stereocenters. The van der Waals surface area contributed by atoms with E-state index in [9.17, 15) is 9.18 Å². The molecule has 2 amide bonds. The molecule has 0 saturated carbocycles. The van der Waals surface area contributed by atoms with Crippen LogP contribution >= 0.6 is 11.3 Å². The van der Waals surface area contributed by atoms with Gasteiger partial charge in [0, 0.05) is 37.2 Å². The highest BCUT2D eigenvalue weighted by atomic mass is 32.1. The van der Waals surface area contributed by atoms with Gasteiger partial charge in [-0.3, -0.25) is 0 Å². The molecule has 0 fully saturated rings. The van der Waals surface area contributed by atoms with Crippen molar-refractivity contribution in [2.24, 2.45) is 0 Å². The van der Waals surface area contributed by atoms with Crippen LogP contribution in [0.25, 0.3) is 0 Å². The molecular weight excluding hydrogens is 329 g/mol. The molecule has 0 unspecified atom stereocenters. The van der Waals surface area contributed by atoms with Gasteiger partial charge in [-0.05, 0) is 12.1 Å². The smallest absolute Gasteiger partial charge is 0.321 e. The lowest BCUT2D eigenvalue weighted by molar-refractivity contribution is 0.220. The van der Waals surface area contributed by atoms with E-state index in [-0.39, 0.29) is 24.2 Å². The van der Waals surface area contributed by atoms with Crippen LogP contribution < -0.4 is 10.1 Å². The number of hydrogen-bond acceptors (Lipinski definition) is 4. The van der Waals surface area contributed by atoms with Gasteiger partial charge in [-0.25, -0.2) is 14.2 Å². The first-order chi connectivity index (χ1) is 11.5. The Balaban J connectivity index is 2.03. The highest BCUT2D eigenvalue weighted by molar-refractivity contribution is 7.09. The Morgan fingerprint density at radius 1 is 1.58 bits per heavy atom. The molecule has 0 aliphatic carbocycles. The summed E-state index contributed by atoms with van der Waals surface area (Å²) in [5, 5.41) is 5.50. The second kappa shape index (κ2) is 8.31. The van der Waals surface area contributed by atoms with Crippen LogP contribution in [-0.2, 0) is 0 Å². The summed E-state index contributed by atoms with van der Waals surface area (Å²) in [7, 11) is 1.67. The molecule has 1 heterocycles. The van der Waals surface area contributed by atoms with Crippen LogP contribution in [0.2, 0.25) is 0 Å². The van der Waals surface area contributed by atoms with Crippen LogP contribution in [0.15, 0.2) is 29.8 Å². The van der Waals surface area contributed by atoms with Gasteiger partial charge in [-0.15, -0.1) is 17.8 Å². The van der Waals surface area contributed by atoms with Gasteiger partial charge in [0.2, 0.25) is 0 Å². The quantitative estimate of drug-likeness (QED) is 0.813. The van der Waals surface area contributed by atoms with Gasteiger partial charge in [-0.2, -0.15) is 0 Å². The van der Waals surface area contributed by atoms with E-state index in [4.69, 9.17) is 11.2 Å². The minimum Gasteiger partial charge on any atom is -0.479 e. The van der Waals surface area contributed by atoms with Crippen LogP contribution in [-0.4, -0.2) is 36.1 Å². The molecule has 0 radical (unpaired) electrons. The van der Waals surface area contributed by atoms with Crippen molar-refractivity contribution in [3.8, 4) is 18.1 Å². The monoisotopic (exact) mass is 347 g/mol. The number of terminal acetylenes is 1. The van der Waals surface area contributed by atoms with E-state index in [1.54, 1.807) is 24.6 Å². The van der Waals surface area contributed by atoms with E-state index in [1.165, 1.54) is 23.1 Å². The number of ether oxygens (including phenoxy) is 1. The number of carbonyl (C=O) groups excluding carboxylic acids is 1. The van der Waals surface area contributed by atoms with Crippen LogP contribution in [0, 0.1) is 18.2 Å². The summed E-state index contributed by atoms with van der Waals surface area (Å²) in [6, 6.07) is 3.51. The van der Waals surface area contributed by atoms with Crippen LogP contribution in [0.4, 0.5) is 14.9 Å². The second-order valence-electron chi connectivity index (χ2n) is 5.22. The number of aromatic nitrogens is 1. The second-order valence-corrected chi connectivity index (χ2v) is 6.14. The molecule has 1 N–H and O–H groups in total. The molecule has 2 aromatic rings. The fourth-order valence-corrected chi connectivity index (χ4v) is 2.80. The third-order valence-corrected chi connectivity index (χ3v) is 4.27. The maximum Gasteiger partial charge on any atom is 0.321 e. The van der Waals surface area contributed by atoms with E-state index in [0.29, 0.717) is 12.3 Å². The highest BCUT2D eigenvalue weighted by Gasteiger charge is 2.17. The predicted octanol–water partition coefficient (Wildman–Crippen LogP) is 3.56. The summed E-state index contributed by atoms with van der Waals surface area (Å²) in [4.78, 5) is 18.1. The Bertz CT molecular complexity index is 728. The van der Waals surface area contributed by atoms with Crippen molar-refractivity contribution in [3.05, 3.63) is 40.6 Å². The first-order valence-corrected chi connectivity index (χ1v) is 8.16. The Morgan fingerprint density at radius 2 is 2.38 bits per heavy atom. The minimum absolute atomic E-state index is 0.0332. The summed E-state index contributed by atoms with van der Waals surface area (Å²) in [5.74, 6) is 2.28. The molecule has 1 aromatic carbocycles. The average molecular weight is 347 g/mol. The Kier molecular flexibility index (Phi) is 6.15. The van der Waals surface area contributed by atoms with E-state index in [2.05, 4.69) is 16.2 Å². The number of thiazole rings is 1. The fourth-order valence-electron chi connectivity index (χ4n) is 2.11. The number of benzene rings is 1. The van der Waals surface area contributed by atoms with E-state index in [1.807, 2.05) is 12.3 Å². The number of likely N-dealkylation sites (N-methyl/N-ethyl adjacent to an activating group) is 1. The summed E-state index contributed by atoms with van der Waals surface area (Å²) >= 11 is 1.54. The number of carbonyl (C=O) groups is 1. The molecule has 1 aromatic heterocycles. The van der Waals surface area contributed by atoms with Crippen molar-refractivity contribution in [1.29, 1.82) is 0 Å². The third-order valence-electron chi connectivity index (χ3n) is 3.26. The topological polar surface area (TPSA) is 54.5 Å².